The fraction of sp³-hybridized carbons (Fsp3) is 0.800. The standard InChI is InChI=1S/C10H18O/c1-3-8-10(11,4-2)9-6-5-7-9/h3,9,11H,1,4-8H2,2H3. The zero-order valence-corrected chi connectivity index (χ0v) is 7.34. The molecule has 1 rings (SSSR count). The lowest BCUT2D eigenvalue weighted by atomic mass is 9.70. The molecule has 1 aliphatic carbocycles. The van der Waals surface area contributed by atoms with Crippen molar-refractivity contribution in [1.29, 1.82) is 0 Å². The summed E-state index contributed by atoms with van der Waals surface area (Å²) in [4.78, 5) is 0. The molecule has 1 saturated carbocycles. The third-order valence-electron chi connectivity index (χ3n) is 2.98. The molecular weight excluding hydrogens is 136 g/mol. The van der Waals surface area contributed by atoms with Crippen LogP contribution in [0.1, 0.15) is 39.0 Å². The molecule has 1 aliphatic rings. The van der Waals surface area contributed by atoms with Crippen LogP contribution < -0.4 is 0 Å². The van der Waals surface area contributed by atoms with Gasteiger partial charge in [-0.25, -0.2) is 0 Å². The molecular formula is C10H18O. The predicted molar refractivity (Wildman–Crippen MR) is 47.4 cm³/mol. The molecule has 0 amide bonds. The Morgan fingerprint density at radius 2 is 2.27 bits per heavy atom. The lowest BCUT2D eigenvalue weighted by Gasteiger charge is -2.40. The summed E-state index contributed by atoms with van der Waals surface area (Å²) in [5.41, 5.74) is -0.431. The van der Waals surface area contributed by atoms with E-state index >= 15 is 0 Å². The van der Waals surface area contributed by atoms with Crippen molar-refractivity contribution in [2.75, 3.05) is 0 Å². The molecule has 0 heterocycles. The van der Waals surface area contributed by atoms with Crippen LogP contribution in [-0.2, 0) is 0 Å². The van der Waals surface area contributed by atoms with E-state index in [2.05, 4.69) is 13.5 Å². The van der Waals surface area contributed by atoms with E-state index in [0.29, 0.717) is 5.92 Å². The van der Waals surface area contributed by atoms with Crippen LogP contribution in [-0.4, -0.2) is 10.7 Å². The van der Waals surface area contributed by atoms with Gasteiger partial charge < -0.3 is 5.11 Å². The first kappa shape index (κ1) is 8.79. The molecule has 1 unspecified atom stereocenters. The van der Waals surface area contributed by atoms with Gasteiger partial charge in [-0.15, -0.1) is 6.58 Å². The largest absolute Gasteiger partial charge is 0.389 e. The van der Waals surface area contributed by atoms with E-state index in [1.54, 1.807) is 0 Å². The van der Waals surface area contributed by atoms with Crippen LogP contribution in [0.2, 0.25) is 0 Å². The number of hydrogen-bond donors (Lipinski definition) is 1. The van der Waals surface area contributed by atoms with Crippen LogP contribution in [0, 0.1) is 5.92 Å². The number of hydrogen-bond acceptors (Lipinski definition) is 1. The quantitative estimate of drug-likeness (QED) is 0.617. The van der Waals surface area contributed by atoms with Crippen LogP contribution in [0.5, 0.6) is 0 Å². The molecule has 1 atom stereocenters. The number of aliphatic hydroxyl groups is 1. The maximum Gasteiger partial charge on any atom is 0.0707 e. The Morgan fingerprint density at radius 1 is 1.64 bits per heavy atom. The molecule has 0 aromatic carbocycles. The summed E-state index contributed by atoms with van der Waals surface area (Å²) < 4.78 is 0. The molecule has 0 aliphatic heterocycles. The molecule has 0 spiro atoms. The second-order valence-corrected chi connectivity index (χ2v) is 3.58. The van der Waals surface area contributed by atoms with Gasteiger partial charge in [-0.2, -0.15) is 0 Å². The highest BCUT2D eigenvalue weighted by atomic mass is 16.3. The van der Waals surface area contributed by atoms with Gasteiger partial charge in [0.15, 0.2) is 0 Å². The summed E-state index contributed by atoms with van der Waals surface area (Å²) in [6.45, 7) is 5.73. The molecule has 0 saturated heterocycles. The topological polar surface area (TPSA) is 20.2 Å². The van der Waals surface area contributed by atoms with Crippen LogP contribution in [0.4, 0.5) is 0 Å². The molecule has 0 aromatic heterocycles. The van der Waals surface area contributed by atoms with Crippen molar-refractivity contribution in [2.24, 2.45) is 5.92 Å². The highest BCUT2D eigenvalue weighted by Gasteiger charge is 2.37. The van der Waals surface area contributed by atoms with E-state index in [1.165, 1.54) is 19.3 Å². The summed E-state index contributed by atoms with van der Waals surface area (Å²) in [5, 5.41) is 10.1. The highest BCUT2D eigenvalue weighted by molar-refractivity contribution is 4.94. The Morgan fingerprint density at radius 3 is 2.55 bits per heavy atom. The lowest BCUT2D eigenvalue weighted by Crippen LogP contribution is -2.40. The molecule has 1 N–H and O–H groups in total. The Labute approximate surface area is 69.1 Å². The summed E-state index contributed by atoms with van der Waals surface area (Å²) in [6, 6.07) is 0. The SMILES string of the molecule is C=CCC(O)(CC)C1CCC1. The molecule has 1 nitrogen and oxygen atoms in total. The second kappa shape index (κ2) is 3.40. The summed E-state index contributed by atoms with van der Waals surface area (Å²) in [7, 11) is 0. The van der Waals surface area contributed by atoms with E-state index in [0.717, 1.165) is 12.8 Å². The Bertz CT molecular complexity index is 138. The maximum absolute atomic E-state index is 10.1. The van der Waals surface area contributed by atoms with Gasteiger partial charge in [0.1, 0.15) is 0 Å². The molecule has 0 aromatic rings. The van der Waals surface area contributed by atoms with Gasteiger partial charge in [0.05, 0.1) is 5.60 Å². The van der Waals surface area contributed by atoms with Gasteiger partial charge in [0, 0.05) is 0 Å². The maximum atomic E-state index is 10.1. The van der Waals surface area contributed by atoms with Gasteiger partial charge in [-0.3, -0.25) is 0 Å². The Kier molecular flexibility index (Phi) is 2.72. The average molecular weight is 154 g/mol. The van der Waals surface area contributed by atoms with Crippen molar-refractivity contribution < 1.29 is 5.11 Å². The molecule has 11 heavy (non-hydrogen) atoms. The molecule has 0 radical (unpaired) electrons. The van der Waals surface area contributed by atoms with Crippen molar-refractivity contribution in [1.82, 2.24) is 0 Å². The first-order chi connectivity index (χ1) is 5.23. The fourth-order valence-electron chi connectivity index (χ4n) is 1.80. The zero-order chi connectivity index (χ0) is 8.32. The zero-order valence-electron chi connectivity index (χ0n) is 7.34. The van der Waals surface area contributed by atoms with Crippen LogP contribution in [0.3, 0.4) is 0 Å². The van der Waals surface area contributed by atoms with Crippen LogP contribution in [0.15, 0.2) is 12.7 Å². The van der Waals surface area contributed by atoms with Crippen molar-refractivity contribution >= 4 is 0 Å². The van der Waals surface area contributed by atoms with Gasteiger partial charge in [0.2, 0.25) is 0 Å². The first-order valence-corrected chi connectivity index (χ1v) is 4.56. The normalized spacial score (nSPS) is 23.8. The minimum atomic E-state index is -0.431. The van der Waals surface area contributed by atoms with E-state index < -0.39 is 5.60 Å². The van der Waals surface area contributed by atoms with Crippen molar-refractivity contribution in [3.63, 3.8) is 0 Å². The second-order valence-electron chi connectivity index (χ2n) is 3.58. The van der Waals surface area contributed by atoms with Gasteiger partial charge in [0.25, 0.3) is 0 Å². The fourth-order valence-corrected chi connectivity index (χ4v) is 1.80. The lowest BCUT2D eigenvalue weighted by molar-refractivity contribution is -0.0507. The van der Waals surface area contributed by atoms with Crippen molar-refractivity contribution in [3.05, 3.63) is 12.7 Å². The van der Waals surface area contributed by atoms with E-state index in [1.807, 2.05) is 6.08 Å². The van der Waals surface area contributed by atoms with E-state index in [4.69, 9.17) is 0 Å². The summed E-state index contributed by atoms with van der Waals surface area (Å²) in [6.07, 6.45) is 7.17. The third-order valence-corrected chi connectivity index (χ3v) is 2.98. The van der Waals surface area contributed by atoms with Crippen LogP contribution >= 0.6 is 0 Å². The van der Waals surface area contributed by atoms with Gasteiger partial charge >= 0.3 is 0 Å². The summed E-state index contributed by atoms with van der Waals surface area (Å²) >= 11 is 0. The van der Waals surface area contributed by atoms with Crippen LogP contribution in [0.25, 0.3) is 0 Å². The molecule has 1 fully saturated rings. The van der Waals surface area contributed by atoms with Gasteiger partial charge in [-0.05, 0) is 31.6 Å². The monoisotopic (exact) mass is 154 g/mol. The van der Waals surface area contributed by atoms with Crippen molar-refractivity contribution in [2.45, 2.75) is 44.6 Å². The molecule has 64 valence electrons. The molecule has 1 heteroatoms. The predicted octanol–water partition coefficient (Wildman–Crippen LogP) is 2.50. The summed E-state index contributed by atoms with van der Waals surface area (Å²) in [5.74, 6) is 0.547. The molecule has 0 bridgehead atoms. The highest BCUT2D eigenvalue weighted by Crippen LogP contribution is 2.40. The number of rotatable bonds is 4. The minimum absolute atomic E-state index is 0.431. The van der Waals surface area contributed by atoms with E-state index in [9.17, 15) is 5.11 Å². The first-order valence-electron chi connectivity index (χ1n) is 4.56. The Hall–Kier alpha value is -0.300. The minimum Gasteiger partial charge on any atom is -0.389 e. The Balaban J connectivity index is 2.49. The van der Waals surface area contributed by atoms with Crippen molar-refractivity contribution in [3.8, 4) is 0 Å². The third kappa shape index (κ3) is 1.64. The average Bonchev–Trinajstić information content (AvgIpc) is 1.84. The van der Waals surface area contributed by atoms with E-state index in [-0.39, 0.29) is 0 Å². The van der Waals surface area contributed by atoms with Gasteiger partial charge in [-0.1, -0.05) is 19.4 Å². The smallest absolute Gasteiger partial charge is 0.0707 e.